The maximum Gasteiger partial charge on any atom is 0.409 e. The maximum absolute atomic E-state index is 13.2. The SMILES string of the molecule is CCOC(=O)N1CCN(S(=O)(=O)c2cc(-c3ccc(=O)[nH]n3)ccc2C)CC1. The first-order valence-corrected chi connectivity index (χ1v) is 10.4. The third-order valence-corrected chi connectivity index (χ3v) is 6.59. The number of piperazine rings is 1. The van der Waals surface area contributed by atoms with Crippen molar-refractivity contribution in [2.75, 3.05) is 32.8 Å². The van der Waals surface area contributed by atoms with E-state index >= 15 is 0 Å². The first-order valence-electron chi connectivity index (χ1n) is 8.91. The molecular formula is C18H22N4O5S. The molecule has 1 aromatic heterocycles. The van der Waals surface area contributed by atoms with Crippen LogP contribution in [0.2, 0.25) is 0 Å². The van der Waals surface area contributed by atoms with Crippen LogP contribution in [-0.2, 0) is 14.8 Å². The molecule has 1 saturated heterocycles. The van der Waals surface area contributed by atoms with E-state index in [4.69, 9.17) is 4.74 Å². The fourth-order valence-electron chi connectivity index (χ4n) is 3.01. The van der Waals surface area contributed by atoms with E-state index in [1.165, 1.54) is 21.3 Å². The summed E-state index contributed by atoms with van der Waals surface area (Å²) in [7, 11) is -3.74. The molecule has 2 heterocycles. The second kappa shape index (κ2) is 8.11. The Balaban J connectivity index is 1.84. The van der Waals surface area contributed by atoms with Crippen LogP contribution in [0.4, 0.5) is 4.79 Å². The number of aryl methyl sites for hydroxylation is 1. The number of hydrogen-bond acceptors (Lipinski definition) is 6. The van der Waals surface area contributed by atoms with Gasteiger partial charge in [0.1, 0.15) is 0 Å². The molecule has 0 unspecified atom stereocenters. The van der Waals surface area contributed by atoms with Gasteiger partial charge in [0.15, 0.2) is 0 Å². The van der Waals surface area contributed by atoms with E-state index in [0.717, 1.165) is 0 Å². The topological polar surface area (TPSA) is 113 Å². The Bertz CT molecular complexity index is 1010. The number of sulfonamides is 1. The number of nitrogens with one attached hydrogen (secondary N) is 1. The molecule has 1 fully saturated rings. The lowest BCUT2D eigenvalue weighted by molar-refractivity contribution is 0.0934. The predicted octanol–water partition coefficient (Wildman–Crippen LogP) is 1.21. The number of carbonyl (C=O) groups is 1. The van der Waals surface area contributed by atoms with Gasteiger partial charge in [-0.15, -0.1) is 0 Å². The normalized spacial score (nSPS) is 15.4. The molecule has 0 spiro atoms. The van der Waals surface area contributed by atoms with Crippen molar-refractivity contribution in [2.45, 2.75) is 18.7 Å². The van der Waals surface area contributed by atoms with E-state index in [2.05, 4.69) is 10.2 Å². The Morgan fingerprint density at radius 3 is 2.50 bits per heavy atom. The predicted molar refractivity (Wildman–Crippen MR) is 102 cm³/mol. The summed E-state index contributed by atoms with van der Waals surface area (Å²) in [6.07, 6.45) is -0.429. The van der Waals surface area contributed by atoms with Gasteiger partial charge in [0, 0.05) is 37.8 Å². The number of carbonyl (C=O) groups excluding carboxylic acids is 1. The fraction of sp³-hybridized carbons (Fsp3) is 0.389. The largest absolute Gasteiger partial charge is 0.450 e. The number of benzene rings is 1. The van der Waals surface area contributed by atoms with E-state index in [1.54, 1.807) is 32.0 Å². The van der Waals surface area contributed by atoms with Crippen LogP contribution in [0, 0.1) is 6.92 Å². The quantitative estimate of drug-likeness (QED) is 0.817. The minimum absolute atomic E-state index is 0.183. The maximum atomic E-state index is 13.2. The van der Waals surface area contributed by atoms with Crippen LogP contribution in [0.1, 0.15) is 12.5 Å². The molecule has 1 amide bonds. The van der Waals surface area contributed by atoms with Gasteiger partial charge < -0.3 is 9.64 Å². The first kappa shape index (κ1) is 20.0. The molecule has 1 N–H and O–H groups in total. The number of H-pyrrole nitrogens is 1. The zero-order valence-electron chi connectivity index (χ0n) is 15.7. The number of aromatic nitrogens is 2. The number of aromatic amines is 1. The molecular weight excluding hydrogens is 384 g/mol. The van der Waals surface area contributed by atoms with Crippen molar-refractivity contribution in [2.24, 2.45) is 0 Å². The van der Waals surface area contributed by atoms with Crippen LogP contribution in [-0.4, -0.2) is 66.7 Å². The van der Waals surface area contributed by atoms with Gasteiger partial charge in [-0.1, -0.05) is 12.1 Å². The van der Waals surface area contributed by atoms with Gasteiger partial charge in [0.05, 0.1) is 17.2 Å². The molecule has 0 radical (unpaired) electrons. The monoisotopic (exact) mass is 406 g/mol. The van der Waals surface area contributed by atoms with E-state index in [-0.39, 0.29) is 43.2 Å². The summed E-state index contributed by atoms with van der Waals surface area (Å²) >= 11 is 0. The Hall–Kier alpha value is -2.72. The van der Waals surface area contributed by atoms with Gasteiger partial charge in [-0.05, 0) is 31.5 Å². The van der Waals surface area contributed by atoms with Crippen molar-refractivity contribution in [1.29, 1.82) is 0 Å². The van der Waals surface area contributed by atoms with Gasteiger partial charge in [-0.25, -0.2) is 18.3 Å². The molecule has 0 saturated carbocycles. The lowest BCUT2D eigenvalue weighted by atomic mass is 10.1. The number of rotatable bonds is 4. The van der Waals surface area contributed by atoms with E-state index in [9.17, 15) is 18.0 Å². The van der Waals surface area contributed by atoms with Crippen LogP contribution in [0.3, 0.4) is 0 Å². The van der Waals surface area contributed by atoms with Crippen LogP contribution in [0.15, 0.2) is 40.0 Å². The molecule has 9 nitrogen and oxygen atoms in total. The Morgan fingerprint density at radius 1 is 1.18 bits per heavy atom. The molecule has 1 aliphatic heterocycles. The standard InChI is InChI=1S/C18H22N4O5S/c1-3-27-18(24)21-8-10-22(11-9-21)28(25,26)16-12-14(5-4-13(16)2)15-6-7-17(23)20-19-15/h4-7,12H,3,8-11H2,1-2H3,(H,20,23). The summed E-state index contributed by atoms with van der Waals surface area (Å²) in [6, 6.07) is 7.91. The zero-order valence-corrected chi connectivity index (χ0v) is 16.5. The second-order valence-corrected chi connectivity index (χ2v) is 8.28. The number of nitrogens with zero attached hydrogens (tertiary/aromatic N) is 3. The second-order valence-electron chi connectivity index (χ2n) is 6.38. The molecule has 1 aliphatic rings. The summed E-state index contributed by atoms with van der Waals surface area (Å²) in [5.74, 6) is 0. The van der Waals surface area contributed by atoms with Gasteiger partial charge in [0.2, 0.25) is 10.0 Å². The molecule has 1 aromatic carbocycles. The van der Waals surface area contributed by atoms with E-state index in [0.29, 0.717) is 16.8 Å². The van der Waals surface area contributed by atoms with Gasteiger partial charge >= 0.3 is 6.09 Å². The van der Waals surface area contributed by atoms with Crippen molar-refractivity contribution in [3.63, 3.8) is 0 Å². The highest BCUT2D eigenvalue weighted by molar-refractivity contribution is 7.89. The number of amides is 1. The first-order chi connectivity index (χ1) is 13.3. The van der Waals surface area contributed by atoms with Crippen molar-refractivity contribution in [3.8, 4) is 11.3 Å². The fourth-order valence-corrected chi connectivity index (χ4v) is 4.68. The van der Waals surface area contributed by atoms with Gasteiger partial charge in [-0.2, -0.15) is 9.40 Å². The lowest BCUT2D eigenvalue weighted by Gasteiger charge is -2.33. The van der Waals surface area contributed by atoms with Gasteiger partial charge in [0.25, 0.3) is 5.56 Å². The average molecular weight is 406 g/mol. The van der Waals surface area contributed by atoms with Crippen molar-refractivity contribution in [1.82, 2.24) is 19.4 Å². The minimum atomic E-state index is -3.74. The van der Waals surface area contributed by atoms with Gasteiger partial charge in [-0.3, -0.25) is 4.79 Å². The number of ether oxygens (including phenoxy) is 1. The summed E-state index contributed by atoms with van der Waals surface area (Å²) in [5, 5.41) is 6.30. The average Bonchev–Trinajstić information content (AvgIpc) is 2.69. The summed E-state index contributed by atoms with van der Waals surface area (Å²) < 4.78 is 32.7. The van der Waals surface area contributed by atoms with Crippen LogP contribution < -0.4 is 5.56 Å². The molecule has 0 aliphatic carbocycles. The Labute approximate surface area is 163 Å². The summed E-state index contributed by atoms with van der Waals surface area (Å²) in [4.78, 5) is 24.7. The van der Waals surface area contributed by atoms with Crippen molar-refractivity contribution in [3.05, 3.63) is 46.2 Å². The molecule has 0 bridgehead atoms. The summed E-state index contributed by atoms with van der Waals surface area (Å²) in [5.41, 5.74) is 1.35. The van der Waals surface area contributed by atoms with Crippen LogP contribution in [0.5, 0.6) is 0 Å². The highest BCUT2D eigenvalue weighted by atomic mass is 32.2. The van der Waals surface area contributed by atoms with Crippen molar-refractivity contribution >= 4 is 16.1 Å². The smallest absolute Gasteiger partial charge is 0.409 e. The minimum Gasteiger partial charge on any atom is -0.450 e. The molecule has 10 heteroatoms. The Kier molecular flexibility index (Phi) is 5.80. The zero-order chi connectivity index (χ0) is 20.3. The number of hydrogen-bond donors (Lipinski definition) is 1. The highest BCUT2D eigenvalue weighted by Crippen LogP contribution is 2.26. The third kappa shape index (κ3) is 4.07. The van der Waals surface area contributed by atoms with E-state index in [1.807, 2.05) is 0 Å². The third-order valence-electron chi connectivity index (χ3n) is 4.55. The van der Waals surface area contributed by atoms with Crippen molar-refractivity contribution < 1.29 is 17.9 Å². The molecule has 150 valence electrons. The molecule has 3 rings (SSSR count). The molecule has 2 aromatic rings. The Morgan fingerprint density at radius 2 is 1.89 bits per heavy atom. The van der Waals surface area contributed by atoms with Crippen LogP contribution >= 0.6 is 0 Å². The molecule has 0 atom stereocenters. The summed E-state index contributed by atoms with van der Waals surface area (Å²) in [6.45, 7) is 4.68. The lowest BCUT2D eigenvalue weighted by Crippen LogP contribution is -2.50. The highest BCUT2D eigenvalue weighted by Gasteiger charge is 2.31. The molecule has 28 heavy (non-hydrogen) atoms. The van der Waals surface area contributed by atoms with Crippen LogP contribution in [0.25, 0.3) is 11.3 Å². The van der Waals surface area contributed by atoms with E-state index < -0.39 is 16.1 Å².